The summed E-state index contributed by atoms with van der Waals surface area (Å²) in [6.45, 7) is 0.569. The minimum absolute atomic E-state index is 0.0594. The maximum Gasteiger partial charge on any atom is 0.321 e. The third-order valence-corrected chi connectivity index (χ3v) is 5.83. The maximum atomic E-state index is 13.0. The first-order chi connectivity index (χ1) is 13.0. The van der Waals surface area contributed by atoms with Gasteiger partial charge in [0.25, 0.3) is 0 Å². The first-order valence-corrected chi connectivity index (χ1v) is 9.03. The highest BCUT2D eigenvalue weighted by Gasteiger charge is 2.62. The van der Waals surface area contributed by atoms with Crippen molar-refractivity contribution in [3.05, 3.63) is 29.8 Å². The lowest BCUT2D eigenvalue weighted by atomic mass is 9.70. The van der Waals surface area contributed by atoms with E-state index in [4.69, 9.17) is 14.2 Å². The SMILES string of the molecule is COC(=O)C[C@@]1(C(=O)OC)C(=O)C[C@H]2CC[C@H]1N2Cc1cccc(OC)c1. The van der Waals surface area contributed by atoms with E-state index >= 15 is 0 Å². The Morgan fingerprint density at radius 2 is 1.96 bits per heavy atom. The summed E-state index contributed by atoms with van der Waals surface area (Å²) in [5.41, 5.74) is -0.481. The van der Waals surface area contributed by atoms with E-state index in [-0.39, 0.29) is 30.7 Å². The fourth-order valence-electron chi connectivity index (χ4n) is 4.51. The second-order valence-electron chi connectivity index (χ2n) is 7.11. The molecule has 3 rings (SSSR count). The lowest BCUT2D eigenvalue weighted by Crippen LogP contribution is -2.60. The quantitative estimate of drug-likeness (QED) is 0.553. The summed E-state index contributed by atoms with van der Waals surface area (Å²) in [5, 5.41) is 0. The molecule has 0 aliphatic carbocycles. The topological polar surface area (TPSA) is 82.1 Å². The van der Waals surface area contributed by atoms with Crippen LogP contribution in [-0.4, -0.2) is 56.0 Å². The Bertz CT molecular complexity index is 748. The number of ether oxygens (including phenoxy) is 3. The van der Waals surface area contributed by atoms with E-state index in [0.717, 1.165) is 17.7 Å². The molecule has 27 heavy (non-hydrogen) atoms. The standard InChI is InChI=1S/C20H25NO6/c1-25-15-6-4-5-13(9-15)12-21-14-7-8-16(21)20(17(22)10-14,19(24)27-3)11-18(23)26-2/h4-6,9,14,16H,7-8,10-12H2,1-3H3/t14-,16-,20+/m1/s1. The molecule has 0 spiro atoms. The van der Waals surface area contributed by atoms with Gasteiger partial charge in [0.1, 0.15) is 5.75 Å². The monoisotopic (exact) mass is 375 g/mol. The van der Waals surface area contributed by atoms with Crippen LogP contribution in [0.25, 0.3) is 0 Å². The average molecular weight is 375 g/mol. The lowest BCUT2D eigenvalue weighted by Gasteiger charge is -2.45. The summed E-state index contributed by atoms with van der Waals surface area (Å²) in [7, 11) is 4.12. The van der Waals surface area contributed by atoms with Crippen LogP contribution in [0.2, 0.25) is 0 Å². The van der Waals surface area contributed by atoms with Crippen LogP contribution >= 0.6 is 0 Å². The second-order valence-corrected chi connectivity index (χ2v) is 7.11. The number of esters is 2. The Kier molecular flexibility index (Phi) is 5.51. The van der Waals surface area contributed by atoms with Gasteiger partial charge in [-0.3, -0.25) is 19.3 Å². The minimum Gasteiger partial charge on any atom is -0.497 e. The molecular formula is C20H25NO6. The number of methoxy groups -OCH3 is 3. The smallest absolute Gasteiger partial charge is 0.321 e. The number of piperidine rings is 1. The molecule has 2 heterocycles. The highest BCUT2D eigenvalue weighted by Crippen LogP contribution is 2.48. The zero-order valence-electron chi connectivity index (χ0n) is 15.9. The van der Waals surface area contributed by atoms with Crippen molar-refractivity contribution in [2.75, 3.05) is 21.3 Å². The van der Waals surface area contributed by atoms with Crippen LogP contribution < -0.4 is 4.74 Å². The molecule has 3 atom stereocenters. The largest absolute Gasteiger partial charge is 0.497 e. The number of Topliss-reactive ketones (excluding diaryl/α,β-unsaturated/α-hetero) is 1. The molecule has 7 heteroatoms. The van der Waals surface area contributed by atoms with Gasteiger partial charge in [0.15, 0.2) is 11.2 Å². The van der Waals surface area contributed by atoms with Gasteiger partial charge in [0.2, 0.25) is 0 Å². The van der Waals surface area contributed by atoms with Crippen molar-refractivity contribution >= 4 is 17.7 Å². The molecular weight excluding hydrogens is 350 g/mol. The summed E-state index contributed by atoms with van der Waals surface area (Å²) in [5.74, 6) is -0.713. The predicted octanol–water partition coefficient (Wildman–Crippen LogP) is 1.72. The minimum atomic E-state index is -1.51. The van der Waals surface area contributed by atoms with E-state index < -0.39 is 17.4 Å². The molecule has 0 radical (unpaired) electrons. The lowest BCUT2D eigenvalue weighted by molar-refractivity contribution is -0.172. The van der Waals surface area contributed by atoms with Gasteiger partial charge in [-0.25, -0.2) is 0 Å². The molecule has 0 N–H and O–H groups in total. The molecule has 0 aromatic heterocycles. The van der Waals surface area contributed by atoms with Crippen molar-refractivity contribution in [2.45, 2.75) is 44.3 Å². The van der Waals surface area contributed by atoms with Crippen molar-refractivity contribution in [1.29, 1.82) is 0 Å². The third-order valence-electron chi connectivity index (χ3n) is 5.83. The molecule has 7 nitrogen and oxygen atoms in total. The van der Waals surface area contributed by atoms with Gasteiger partial charge in [0.05, 0.1) is 27.8 Å². The van der Waals surface area contributed by atoms with Gasteiger partial charge in [0, 0.05) is 25.0 Å². The number of hydrogen-bond acceptors (Lipinski definition) is 7. The Morgan fingerprint density at radius 3 is 2.63 bits per heavy atom. The van der Waals surface area contributed by atoms with Crippen LogP contribution in [0.4, 0.5) is 0 Å². The number of hydrogen-bond donors (Lipinski definition) is 0. The maximum absolute atomic E-state index is 13.0. The molecule has 0 saturated carbocycles. The zero-order chi connectivity index (χ0) is 19.6. The third kappa shape index (κ3) is 3.32. The first-order valence-electron chi connectivity index (χ1n) is 9.03. The van der Waals surface area contributed by atoms with Crippen LogP contribution in [0.1, 0.15) is 31.2 Å². The Balaban J connectivity index is 1.96. The van der Waals surface area contributed by atoms with Crippen LogP contribution in [0, 0.1) is 5.41 Å². The van der Waals surface area contributed by atoms with Crippen molar-refractivity contribution in [1.82, 2.24) is 4.90 Å². The Hall–Kier alpha value is -2.41. The van der Waals surface area contributed by atoms with E-state index in [2.05, 4.69) is 4.90 Å². The number of ketones is 1. The molecule has 2 bridgehead atoms. The van der Waals surface area contributed by atoms with Gasteiger partial charge in [-0.05, 0) is 30.5 Å². The number of benzene rings is 1. The molecule has 0 amide bonds. The summed E-state index contributed by atoms with van der Waals surface area (Å²) < 4.78 is 15.0. The molecule has 2 aliphatic rings. The highest BCUT2D eigenvalue weighted by molar-refractivity contribution is 6.08. The normalized spacial score (nSPS) is 27.3. The summed E-state index contributed by atoms with van der Waals surface area (Å²) in [6.07, 6.45) is 1.40. The van der Waals surface area contributed by atoms with Crippen molar-refractivity contribution in [3.63, 3.8) is 0 Å². The Morgan fingerprint density at radius 1 is 1.19 bits per heavy atom. The van der Waals surface area contributed by atoms with Crippen LogP contribution in [-0.2, 0) is 30.4 Å². The average Bonchev–Trinajstić information content (AvgIpc) is 3.00. The molecule has 1 aromatic carbocycles. The second kappa shape index (κ2) is 7.68. The number of nitrogens with zero attached hydrogens (tertiary/aromatic N) is 1. The summed E-state index contributed by atoms with van der Waals surface area (Å²) in [6, 6.07) is 7.38. The van der Waals surface area contributed by atoms with Crippen molar-refractivity contribution in [2.24, 2.45) is 5.41 Å². The number of carbonyl (C=O) groups is 3. The number of rotatable bonds is 6. The molecule has 2 saturated heterocycles. The molecule has 1 aromatic rings. The van der Waals surface area contributed by atoms with Crippen LogP contribution in [0.15, 0.2) is 24.3 Å². The predicted molar refractivity (Wildman–Crippen MR) is 96.1 cm³/mol. The number of carbonyl (C=O) groups excluding carboxylic acids is 3. The molecule has 146 valence electrons. The van der Waals surface area contributed by atoms with Gasteiger partial charge < -0.3 is 14.2 Å². The number of fused-ring (bicyclic) bond motifs is 2. The highest BCUT2D eigenvalue weighted by atomic mass is 16.5. The Labute approximate surface area is 158 Å². The fourth-order valence-corrected chi connectivity index (χ4v) is 4.51. The summed E-state index contributed by atoms with van der Waals surface area (Å²) >= 11 is 0. The van der Waals surface area contributed by atoms with E-state index in [0.29, 0.717) is 13.0 Å². The van der Waals surface area contributed by atoms with E-state index in [1.807, 2.05) is 24.3 Å². The fraction of sp³-hybridized carbons (Fsp3) is 0.550. The zero-order valence-corrected chi connectivity index (χ0v) is 15.9. The van der Waals surface area contributed by atoms with Crippen molar-refractivity contribution in [3.8, 4) is 5.75 Å². The van der Waals surface area contributed by atoms with Gasteiger partial charge in [-0.1, -0.05) is 12.1 Å². The molecule has 2 fully saturated rings. The summed E-state index contributed by atoms with van der Waals surface area (Å²) in [4.78, 5) is 39.9. The van der Waals surface area contributed by atoms with E-state index in [1.54, 1.807) is 7.11 Å². The van der Waals surface area contributed by atoms with Crippen molar-refractivity contribution < 1.29 is 28.6 Å². The van der Waals surface area contributed by atoms with Gasteiger partial charge >= 0.3 is 11.9 Å². The van der Waals surface area contributed by atoms with Crippen LogP contribution in [0.5, 0.6) is 5.75 Å². The van der Waals surface area contributed by atoms with Crippen LogP contribution in [0.3, 0.4) is 0 Å². The van der Waals surface area contributed by atoms with E-state index in [9.17, 15) is 14.4 Å². The van der Waals surface area contributed by atoms with E-state index in [1.165, 1.54) is 14.2 Å². The molecule has 0 unspecified atom stereocenters. The first kappa shape index (κ1) is 19.4. The molecule has 2 aliphatic heterocycles. The van der Waals surface area contributed by atoms with Gasteiger partial charge in [-0.15, -0.1) is 0 Å². The van der Waals surface area contributed by atoms with Gasteiger partial charge in [-0.2, -0.15) is 0 Å².